The van der Waals surface area contributed by atoms with Crippen LogP contribution in [0.3, 0.4) is 0 Å². The third-order valence-corrected chi connectivity index (χ3v) is 13.1. The summed E-state index contributed by atoms with van der Waals surface area (Å²) in [5.74, 6) is -0.636. The molecule has 0 atom stereocenters. The molecule has 80 heavy (non-hydrogen) atoms. The summed E-state index contributed by atoms with van der Waals surface area (Å²) in [6.07, 6.45) is 0. The highest BCUT2D eigenvalue weighted by atomic mass is 16.6. The van der Waals surface area contributed by atoms with Crippen molar-refractivity contribution in [3.63, 3.8) is 0 Å². The summed E-state index contributed by atoms with van der Waals surface area (Å²) >= 11 is 0. The Labute approximate surface area is 455 Å². The average molecular weight is 1060 g/mol. The maximum Gasteiger partial charge on any atom is 0.318 e. The highest BCUT2D eigenvalue weighted by molar-refractivity contribution is 6.06. The molecule has 12 bridgehead atoms. The second-order valence-corrected chi connectivity index (χ2v) is 18.1. The fourth-order valence-corrected chi connectivity index (χ4v) is 9.48. The number of nitro benzene ring substituents is 4. The van der Waals surface area contributed by atoms with Gasteiger partial charge in [0, 0.05) is 12.1 Å². The van der Waals surface area contributed by atoms with Crippen LogP contribution < -0.4 is 18.9 Å². The van der Waals surface area contributed by atoms with E-state index in [9.17, 15) is 40.5 Å². The number of benzene rings is 10. The Hall–Kier alpha value is -11.5. The lowest BCUT2D eigenvalue weighted by Crippen LogP contribution is -2.01. The number of hydrogen-bond donors (Lipinski definition) is 0. The molecule has 0 saturated heterocycles. The van der Waals surface area contributed by atoms with Crippen LogP contribution in [0.1, 0.15) is 44.5 Å². The second kappa shape index (κ2) is 22.0. The molecular formula is C64H40N4O12. The molecule has 0 fully saturated rings. The van der Waals surface area contributed by atoms with Crippen molar-refractivity contribution < 1.29 is 38.6 Å². The van der Waals surface area contributed by atoms with Crippen LogP contribution in [0.25, 0.3) is 22.3 Å². The van der Waals surface area contributed by atoms with Gasteiger partial charge in [0.05, 0.1) is 19.7 Å². The van der Waals surface area contributed by atoms with E-state index in [1.54, 1.807) is 97.1 Å². The van der Waals surface area contributed by atoms with Crippen LogP contribution in [0.15, 0.2) is 243 Å². The average Bonchev–Trinajstić information content (AvgIpc) is 3.54. The Kier molecular flexibility index (Phi) is 13.9. The van der Waals surface area contributed by atoms with Crippen molar-refractivity contribution in [3.05, 3.63) is 328 Å². The summed E-state index contributed by atoms with van der Waals surface area (Å²) in [5.41, 5.74) is 6.51. The molecular weight excluding hydrogens is 1020 g/mol. The Morgan fingerprint density at radius 2 is 0.463 bits per heavy atom. The van der Waals surface area contributed by atoms with E-state index in [0.717, 1.165) is 68.8 Å². The van der Waals surface area contributed by atoms with Crippen LogP contribution >= 0.6 is 0 Å². The molecule has 0 N–H and O–H groups in total. The van der Waals surface area contributed by atoms with Crippen molar-refractivity contribution in [3.8, 4) is 46.0 Å². The maximum absolute atomic E-state index is 12.6. The lowest BCUT2D eigenvalue weighted by atomic mass is 9.86. The van der Waals surface area contributed by atoms with Gasteiger partial charge in [-0.2, -0.15) is 0 Å². The van der Waals surface area contributed by atoms with Crippen molar-refractivity contribution in [2.75, 3.05) is 0 Å². The summed E-state index contributed by atoms with van der Waals surface area (Å²) in [4.78, 5) is 47.3. The number of hydrogen-bond acceptors (Lipinski definition) is 12. The van der Waals surface area contributed by atoms with Crippen molar-refractivity contribution in [1.29, 1.82) is 0 Å². The standard InChI is InChI=1S/C64H40N4O12/c69-65(70)53-37-55(67(73)74)59-39-57(53)77-49-29-21-45(22-30-49)63(61(41-13-5-1-6-14-41)42-15-7-2-8-16-42)46-23-31-50(32-24-46)78-58-40-60(56(68(75)76)38-54(58)66(71)72)80-52-35-27-48(28-36-52)64(47-25-33-51(79-59)34-26-47)62(43-17-9-3-10-18-43)44-19-11-4-12-20-44/h1-40H. The highest BCUT2D eigenvalue weighted by Gasteiger charge is 2.30. The highest BCUT2D eigenvalue weighted by Crippen LogP contribution is 2.47. The van der Waals surface area contributed by atoms with Crippen LogP contribution in [-0.2, 0) is 0 Å². The fourth-order valence-electron chi connectivity index (χ4n) is 9.48. The minimum absolute atomic E-state index is 0.159. The Bertz CT molecular complexity index is 3550. The van der Waals surface area contributed by atoms with Crippen LogP contribution in [0.5, 0.6) is 46.0 Å². The van der Waals surface area contributed by atoms with E-state index in [1.165, 1.54) is 0 Å². The predicted molar refractivity (Wildman–Crippen MR) is 301 cm³/mol. The minimum atomic E-state index is -0.763. The summed E-state index contributed by atoms with van der Waals surface area (Å²) in [6, 6.07) is 69.6. The van der Waals surface area contributed by atoms with E-state index in [-0.39, 0.29) is 46.0 Å². The largest absolute Gasteiger partial charge is 0.450 e. The van der Waals surface area contributed by atoms with Gasteiger partial charge in [-0.3, -0.25) is 40.5 Å². The molecule has 7 aliphatic heterocycles. The molecule has 0 aliphatic carbocycles. The molecule has 10 aromatic carbocycles. The van der Waals surface area contributed by atoms with Gasteiger partial charge in [-0.15, -0.1) is 0 Å². The summed E-state index contributed by atoms with van der Waals surface area (Å²) < 4.78 is 24.9. The molecule has 10 aromatic rings. The van der Waals surface area contributed by atoms with Gasteiger partial charge in [0.1, 0.15) is 35.1 Å². The van der Waals surface area contributed by atoms with E-state index in [0.29, 0.717) is 22.3 Å². The molecule has 16 nitrogen and oxygen atoms in total. The molecule has 0 amide bonds. The Morgan fingerprint density at radius 3 is 0.650 bits per heavy atom. The molecule has 388 valence electrons. The van der Waals surface area contributed by atoms with Crippen LogP contribution in [0.2, 0.25) is 0 Å². The first kappa shape index (κ1) is 50.6. The molecule has 0 saturated carbocycles. The van der Waals surface area contributed by atoms with Crippen molar-refractivity contribution in [2.45, 2.75) is 0 Å². The molecule has 0 spiro atoms. The summed E-state index contributed by atoms with van der Waals surface area (Å²) in [6.45, 7) is 0. The SMILES string of the molecule is O=[N+]([O-])c1cc([N+](=O)[O-])c2cc1Oc1ccc(cc1)C(=C(c1ccccc1)c1ccccc1)c1ccc(cc1)Oc1cc(c([N+](=O)[O-])cc1[N+](=O)[O-])Oc1ccc(cc1)C(=C(c1ccccc1)c1ccccc1)c1ccc(cc1)O2. The second-order valence-electron chi connectivity index (χ2n) is 18.1. The van der Waals surface area contributed by atoms with E-state index >= 15 is 0 Å². The van der Waals surface area contributed by atoms with Gasteiger partial charge in [-0.25, -0.2) is 0 Å². The third-order valence-electron chi connectivity index (χ3n) is 13.1. The summed E-state index contributed by atoms with van der Waals surface area (Å²) in [7, 11) is 0. The van der Waals surface area contributed by atoms with Gasteiger partial charge >= 0.3 is 22.7 Å². The van der Waals surface area contributed by atoms with Gasteiger partial charge in [-0.1, -0.05) is 170 Å². The molecule has 16 heteroatoms. The van der Waals surface area contributed by atoms with Crippen LogP contribution in [0, 0.1) is 40.5 Å². The maximum atomic E-state index is 12.6. The normalized spacial score (nSPS) is 11.8. The van der Waals surface area contributed by atoms with Gasteiger partial charge in [0.25, 0.3) is 0 Å². The van der Waals surface area contributed by atoms with E-state index < -0.39 is 42.4 Å². The van der Waals surface area contributed by atoms with Crippen molar-refractivity contribution in [1.82, 2.24) is 0 Å². The van der Waals surface area contributed by atoms with Crippen LogP contribution in [0.4, 0.5) is 22.7 Å². The zero-order chi connectivity index (χ0) is 55.3. The first-order chi connectivity index (χ1) is 38.9. The first-order valence-electron chi connectivity index (χ1n) is 24.7. The lowest BCUT2D eigenvalue weighted by Gasteiger charge is -2.19. The number of nitrogens with zero attached hydrogens (tertiary/aromatic N) is 4. The lowest BCUT2D eigenvalue weighted by molar-refractivity contribution is -0.395. The smallest absolute Gasteiger partial charge is 0.318 e. The zero-order valence-corrected chi connectivity index (χ0v) is 41.8. The van der Waals surface area contributed by atoms with E-state index in [2.05, 4.69) is 0 Å². The molecule has 0 unspecified atom stereocenters. The molecule has 0 aromatic heterocycles. The van der Waals surface area contributed by atoms with Crippen LogP contribution in [-0.4, -0.2) is 19.7 Å². The zero-order valence-electron chi connectivity index (χ0n) is 41.8. The van der Waals surface area contributed by atoms with Gasteiger partial charge in [-0.05, 0) is 115 Å². The monoisotopic (exact) mass is 1060 g/mol. The van der Waals surface area contributed by atoms with Gasteiger partial charge < -0.3 is 18.9 Å². The minimum Gasteiger partial charge on any atom is -0.450 e. The van der Waals surface area contributed by atoms with Gasteiger partial charge in [0.15, 0.2) is 0 Å². The van der Waals surface area contributed by atoms with Crippen molar-refractivity contribution in [2.24, 2.45) is 0 Å². The molecule has 7 aliphatic rings. The Balaban J connectivity index is 1.12. The fraction of sp³-hybridized carbons (Fsp3) is 0. The number of ether oxygens (including phenoxy) is 4. The predicted octanol–water partition coefficient (Wildman–Crippen LogP) is 16.8. The Morgan fingerprint density at radius 1 is 0.263 bits per heavy atom. The number of nitro groups is 4. The first-order valence-corrected chi connectivity index (χ1v) is 24.7. The number of rotatable bonds is 8. The quantitative estimate of drug-likeness (QED) is 0.103. The van der Waals surface area contributed by atoms with E-state index in [1.807, 2.05) is 121 Å². The van der Waals surface area contributed by atoms with Crippen molar-refractivity contribution >= 4 is 45.0 Å². The topological polar surface area (TPSA) is 209 Å². The summed E-state index contributed by atoms with van der Waals surface area (Å²) in [5, 5.41) is 50.4. The molecule has 0 radical (unpaired) electrons. The van der Waals surface area contributed by atoms with E-state index in [4.69, 9.17) is 18.9 Å². The third kappa shape index (κ3) is 10.5. The molecule has 17 rings (SSSR count). The molecule has 7 heterocycles. The van der Waals surface area contributed by atoms with Gasteiger partial charge in [0.2, 0.25) is 23.0 Å².